The molecule has 38 valence electrons. The van der Waals surface area contributed by atoms with Crippen LogP contribution in [0.15, 0.2) is 23.6 Å². The molecule has 0 aliphatic carbocycles. The molecular formula is C5H7NS. The zero-order chi connectivity index (χ0) is 5.11. The fraction of sp³-hybridized carbons (Fsp3) is 0.200. The van der Waals surface area contributed by atoms with E-state index in [0.29, 0.717) is 0 Å². The molecule has 0 saturated heterocycles. The van der Waals surface area contributed by atoms with Gasteiger partial charge < -0.3 is 5.73 Å². The van der Waals surface area contributed by atoms with Gasteiger partial charge in [-0.2, -0.15) is 0 Å². The summed E-state index contributed by atoms with van der Waals surface area (Å²) in [6.45, 7) is 0. The van der Waals surface area contributed by atoms with E-state index in [9.17, 15) is 0 Å². The first kappa shape index (κ1) is 4.94. The number of thioether (sulfide) groups is 1. The van der Waals surface area contributed by atoms with Crippen molar-refractivity contribution in [2.45, 2.75) is 5.37 Å². The predicted molar refractivity (Wildman–Crippen MR) is 33.8 cm³/mol. The van der Waals surface area contributed by atoms with Crippen LogP contribution in [0.1, 0.15) is 0 Å². The van der Waals surface area contributed by atoms with Crippen molar-refractivity contribution in [3.05, 3.63) is 23.6 Å². The first-order chi connectivity index (χ1) is 3.39. The van der Waals surface area contributed by atoms with Crippen LogP contribution in [0.25, 0.3) is 0 Å². The molecule has 2 heteroatoms. The minimum absolute atomic E-state index is 0.185. The lowest BCUT2D eigenvalue weighted by Gasteiger charge is -2.02. The third-order valence-electron chi connectivity index (χ3n) is 0.726. The number of nitrogens with two attached hydrogens (primary N) is 1. The lowest BCUT2D eigenvalue weighted by atomic mass is 10.5. The fourth-order valence-electron chi connectivity index (χ4n) is 0.400. The lowest BCUT2D eigenvalue weighted by Crippen LogP contribution is -2.10. The van der Waals surface area contributed by atoms with E-state index in [2.05, 4.69) is 0 Å². The van der Waals surface area contributed by atoms with Gasteiger partial charge in [-0.3, -0.25) is 0 Å². The van der Waals surface area contributed by atoms with Crippen LogP contribution in [-0.2, 0) is 0 Å². The van der Waals surface area contributed by atoms with Gasteiger partial charge in [0.15, 0.2) is 0 Å². The van der Waals surface area contributed by atoms with Crippen LogP contribution < -0.4 is 5.73 Å². The molecule has 0 aromatic heterocycles. The van der Waals surface area contributed by atoms with E-state index in [4.69, 9.17) is 5.73 Å². The summed E-state index contributed by atoms with van der Waals surface area (Å²) in [6.07, 6.45) is 5.90. The average molecular weight is 113 g/mol. The van der Waals surface area contributed by atoms with Crippen LogP contribution in [0.5, 0.6) is 0 Å². The second-order valence-corrected chi connectivity index (χ2v) is 2.40. The zero-order valence-corrected chi connectivity index (χ0v) is 4.69. The first-order valence-corrected chi connectivity index (χ1v) is 3.08. The summed E-state index contributed by atoms with van der Waals surface area (Å²) in [7, 11) is 0. The number of rotatable bonds is 0. The quantitative estimate of drug-likeness (QED) is 0.509. The van der Waals surface area contributed by atoms with E-state index in [1.54, 1.807) is 11.8 Å². The van der Waals surface area contributed by atoms with Crippen LogP contribution in [0.4, 0.5) is 0 Å². The average Bonchev–Trinajstić information content (AvgIpc) is 1.69. The molecule has 7 heavy (non-hydrogen) atoms. The highest BCUT2D eigenvalue weighted by atomic mass is 32.2. The van der Waals surface area contributed by atoms with Crippen LogP contribution in [0, 0.1) is 0 Å². The van der Waals surface area contributed by atoms with Gasteiger partial charge in [-0.15, -0.1) is 11.8 Å². The molecule has 0 amide bonds. The largest absolute Gasteiger partial charge is 0.316 e. The lowest BCUT2D eigenvalue weighted by molar-refractivity contribution is 1.16. The van der Waals surface area contributed by atoms with Crippen LogP contribution in [0.2, 0.25) is 0 Å². The van der Waals surface area contributed by atoms with Crippen molar-refractivity contribution in [1.29, 1.82) is 0 Å². The minimum Gasteiger partial charge on any atom is -0.316 e. The maximum atomic E-state index is 5.46. The smallest absolute Gasteiger partial charge is 0.0738 e. The Kier molecular flexibility index (Phi) is 1.54. The van der Waals surface area contributed by atoms with Gasteiger partial charge >= 0.3 is 0 Å². The molecule has 1 aliphatic heterocycles. The number of hydrogen-bond donors (Lipinski definition) is 1. The van der Waals surface area contributed by atoms with E-state index in [1.807, 2.05) is 23.6 Å². The normalized spacial score (nSPS) is 28.4. The van der Waals surface area contributed by atoms with Crippen molar-refractivity contribution in [3.63, 3.8) is 0 Å². The van der Waals surface area contributed by atoms with E-state index in [-0.39, 0.29) is 5.37 Å². The summed E-state index contributed by atoms with van der Waals surface area (Å²) in [5, 5.41) is 2.18. The molecule has 1 atom stereocenters. The molecule has 1 rings (SSSR count). The highest BCUT2D eigenvalue weighted by Gasteiger charge is 1.93. The molecule has 1 unspecified atom stereocenters. The molecule has 1 heterocycles. The number of allylic oxidation sites excluding steroid dienone is 2. The molecule has 0 bridgehead atoms. The second kappa shape index (κ2) is 2.19. The Morgan fingerprint density at radius 2 is 2.29 bits per heavy atom. The molecule has 1 nitrogen and oxygen atoms in total. The maximum absolute atomic E-state index is 5.46. The minimum atomic E-state index is 0.185. The van der Waals surface area contributed by atoms with E-state index < -0.39 is 0 Å². The van der Waals surface area contributed by atoms with Crippen molar-refractivity contribution in [3.8, 4) is 0 Å². The predicted octanol–water partition coefficient (Wildman–Crippen LogP) is 1.09. The highest BCUT2D eigenvalue weighted by molar-refractivity contribution is 8.02. The van der Waals surface area contributed by atoms with Crippen LogP contribution >= 0.6 is 11.8 Å². The van der Waals surface area contributed by atoms with Gasteiger partial charge in [0.1, 0.15) is 0 Å². The topological polar surface area (TPSA) is 26.0 Å². The summed E-state index contributed by atoms with van der Waals surface area (Å²) in [5.41, 5.74) is 5.46. The molecule has 0 aromatic rings. The van der Waals surface area contributed by atoms with Crippen molar-refractivity contribution in [1.82, 2.24) is 0 Å². The Bertz CT molecular complexity index is 107. The SMILES string of the molecule is NC1C=CC=CS1. The summed E-state index contributed by atoms with van der Waals surface area (Å²) in [5.74, 6) is 0. The number of hydrogen-bond acceptors (Lipinski definition) is 2. The molecule has 0 spiro atoms. The van der Waals surface area contributed by atoms with Crippen molar-refractivity contribution >= 4 is 11.8 Å². The Morgan fingerprint density at radius 1 is 1.43 bits per heavy atom. The standard InChI is InChI=1S/C5H7NS/c6-5-3-1-2-4-7-5/h1-5H,6H2. The van der Waals surface area contributed by atoms with Gasteiger partial charge in [0, 0.05) is 0 Å². The third-order valence-corrected chi connectivity index (χ3v) is 1.51. The second-order valence-electron chi connectivity index (χ2n) is 1.31. The molecule has 0 fully saturated rings. The van der Waals surface area contributed by atoms with Crippen molar-refractivity contribution < 1.29 is 0 Å². The Labute approximate surface area is 47.3 Å². The Hall–Kier alpha value is -0.210. The Morgan fingerprint density at radius 3 is 2.57 bits per heavy atom. The van der Waals surface area contributed by atoms with Gasteiger partial charge in [0.2, 0.25) is 0 Å². The molecule has 2 N–H and O–H groups in total. The van der Waals surface area contributed by atoms with Gasteiger partial charge in [-0.05, 0) is 5.41 Å². The fourth-order valence-corrected chi connectivity index (χ4v) is 0.945. The van der Waals surface area contributed by atoms with Crippen molar-refractivity contribution in [2.75, 3.05) is 0 Å². The summed E-state index contributed by atoms with van der Waals surface area (Å²) >= 11 is 1.63. The third kappa shape index (κ3) is 1.37. The zero-order valence-electron chi connectivity index (χ0n) is 3.87. The van der Waals surface area contributed by atoms with E-state index >= 15 is 0 Å². The van der Waals surface area contributed by atoms with Gasteiger partial charge in [-0.25, -0.2) is 0 Å². The van der Waals surface area contributed by atoms with Crippen LogP contribution in [-0.4, -0.2) is 5.37 Å². The molecule has 0 saturated carbocycles. The van der Waals surface area contributed by atoms with E-state index in [1.165, 1.54) is 0 Å². The highest BCUT2D eigenvalue weighted by Crippen LogP contribution is 2.11. The maximum Gasteiger partial charge on any atom is 0.0738 e. The van der Waals surface area contributed by atoms with Gasteiger partial charge in [-0.1, -0.05) is 18.2 Å². The van der Waals surface area contributed by atoms with Crippen LogP contribution in [0.3, 0.4) is 0 Å². The van der Waals surface area contributed by atoms with Gasteiger partial charge in [0.25, 0.3) is 0 Å². The van der Waals surface area contributed by atoms with Gasteiger partial charge in [0.05, 0.1) is 5.37 Å². The molecule has 1 aliphatic rings. The summed E-state index contributed by atoms with van der Waals surface area (Å²) in [6, 6.07) is 0. The molecule has 0 aromatic carbocycles. The molecule has 0 radical (unpaired) electrons. The van der Waals surface area contributed by atoms with Crippen molar-refractivity contribution in [2.24, 2.45) is 5.73 Å². The molecular weight excluding hydrogens is 106 g/mol. The summed E-state index contributed by atoms with van der Waals surface area (Å²) < 4.78 is 0. The monoisotopic (exact) mass is 113 g/mol. The summed E-state index contributed by atoms with van der Waals surface area (Å²) in [4.78, 5) is 0. The Balaban J connectivity index is 2.49. The first-order valence-electron chi connectivity index (χ1n) is 2.14. The van der Waals surface area contributed by atoms with E-state index in [0.717, 1.165) is 0 Å².